The van der Waals surface area contributed by atoms with Gasteiger partial charge < -0.3 is 14.2 Å². The molecule has 2 aliphatic heterocycles. The van der Waals surface area contributed by atoms with E-state index >= 15 is 0 Å². The number of aryl methyl sites for hydroxylation is 2. The number of piperidine rings is 1. The van der Waals surface area contributed by atoms with Crippen LogP contribution in [0.15, 0.2) is 46.7 Å². The van der Waals surface area contributed by atoms with Crippen molar-refractivity contribution in [3.05, 3.63) is 64.7 Å². The third-order valence-electron chi connectivity index (χ3n) is 6.28. The number of hydrogen-bond acceptors (Lipinski definition) is 5. The monoisotopic (exact) mass is 407 g/mol. The Labute approximate surface area is 177 Å². The second-order valence-electron chi connectivity index (χ2n) is 8.46. The van der Waals surface area contributed by atoms with Gasteiger partial charge in [-0.05, 0) is 70.1 Å². The van der Waals surface area contributed by atoms with E-state index in [4.69, 9.17) is 4.42 Å². The van der Waals surface area contributed by atoms with Crippen LogP contribution in [-0.4, -0.2) is 59.7 Å². The molecule has 4 rings (SSSR count). The molecule has 3 heterocycles. The molecular formula is C24H29N3O3. The smallest absolute Gasteiger partial charge is 0.278 e. The van der Waals surface area contributed by atoms with Crippen molar-refractivity contribution < 1.29 is 14.0 Å². The fourth-order valence-electron chi connectivity index (χ4n) is 4.49. The molecule has 0 spiro atoms. The first kappa shape index (κ1) is 20.4. The Kier molecular flexibility index (Phi) is 5.52. The lowest BCUT2D eigenvalue weighted by Gasteiger charge is -2.36. The Hall–Kier alpha value is -2.86. The van der Waals surface area contributed by atoms with E-state index in [1.165, 1.54) is 4.90 Å². The molecular weight excluding hydrogens is 378 g/mol. The van der Waals surface area contributed by atoms with E-state index in [2.05, 4.69) is 18.0 Å². The van der Waals surface area contributed by atoms with Crippen LogP contribution < -0.4 is 0 Å². The molecule has 0 atom stereocenters. The average Bonchev–Trinajstić information content (AvgIpc) is 3.31. The molecule has 0 N–H and O–H groups in total. The minimum absolute atomic E-state index is 0.143. The van der Waals surface area contributed by atoms with Crippen LogP contribution in [0.5, 0.6) is 0 Å². The van der Waals surface area contributed by atoms with Crippen LogP contribution in [0.25, 0.3) is 5.57 Å². The number of nitrogens with zero attached hydrogens (tertiary/aromatic N) is 3. The van der Waals surface area contributed by atoms with Gasteiger partial charge in [-0.2, -0.15) is 0 Å². The van der Waals surface area contributed by atoms with E-state index in [1.807, 2.05) is 37.9 Å². The highest BCUT2D eigenvalue weighted by molar-refractivity contribution is 6.35. The van der Waals surface area contributed by atoms with Gasteiger partial charge in [-0.25, -0.2) is 0 Å². The number of benzene rings is 1. The fraction of sp³-hybridized carbons (Fsp3) is 0.417. The van der Waals surface area contributed by atoms with Crippen molar-refractivity contribution in [3.8, 4) is 0 Å². The first-order chi connectivity index (χ1) is 14.4. The number of amides is 2. The van der Waals surface area contributed by atoms with Gasteiger partial charge in [-0.15, -0.1) is 0 Å². The summed E-state index contributed by atoms with van der Waals surface area (Å²) in [4.78, 5) is 32.7. The molecule has 6 nitrogen and oxygen atoms in total. The molecule has 2 aliphatic rings. The Morgan fingerprint density at radius 3 is 2.47 bits per heavy atom. The average molecular weight is 408 g/mol. The minimum atomic E-state index is -0.252. The maximum absolute atomic E-state index is 13.5. The lowest BCUT2D eigenvalue weighted by Crippen LogP contribution is -2.43. The van der Waals surface area contributed by atoms with Gasteiger partial charge >= 0.3 is 0 Å². The normalized spacial score (nSPS) is 18.6. The number of likely N-dealkylation sites (tertiary alicyclic amines) is 1. The summed E-state index contributed by atoms with van der Waals surface area (Å²) in [7, 11) is 4.07. The highest BCUT2D eigenvalue weighted by Gasteiger charge is 2.43. The molecule has 0 bridgehead atoms. The number of imide groups is 1. The molecule has 30 heavy (non-hydrogen) atoms. The van der Waals surface area contributed by atoms with Crippen molar-refractivity contribution in [1.82, 2.24) is 14.7 Å². The molecule has 6 heteroatoms. The molecule has 1 aromatic carbocycles. The Morgan fingerprint density at radius 2 is 1.83 bits per heavy atom. The number of rotatable bonds is 5. The molecule has 1 fully saturated rings. The lowest BCUT2D eigenvalue weighted by atomic mass is 9.96. The van der Waals surface area contributed by atoms with E-state index in [-0.39, 0.29) is 24.4 Å². The molecule has 0 aliphatic carbocycles. The zero-order valence-corrected chi connectivity index (χ0v) is 18.1. The Bertz CT molecular complexity index is 985. The van der Waals surface area contributed by atoms with Crippen molar-refractivity contribution in [1.29, 1.82) is 0 Å². The molecule has 0 saturated carbocycles. The SMILES string of the molecule is Cc1ccc(C2=C(N(C)C3CCN(C)CC3)C(=O)N(Cc3ccco3)C2=O)c(C)c1. The lowest BCUT2D eigenvalue weighted by molar-refractivity contribution is -0.138. The molecule has 0 unspecified atom stereocenters. The highest BCUT2D eigenvalue weighted by Crippen LogP contribution is 2.35. The van der Waals surface area contributed by atoms with Crippen LogP contribution in [0.2, 0.25) is 0 Å². The number of likely N-dealkylation sites (N-methyl/N-ethyl adjacent to an activating group) is 1. The van der Waals surface area contributed by atoms with Gasteiger partial charge in [0, 0.05) is 13.1 Å². The summed E-state index contributed by atoms with van der Waals surface area (Å²) in [6, 6.07) is 9.81. The van der Waals surface area contributed by atoms with Crippen molar-refractivity contribution in [2.45, 2.75) is 39.3 Å². The van der Waals surface area contributed by atoms with Gasteiger partial charge in [0.25, 0.3) is 11.8 Å². The van der Waals surface area contributed by atoms with E-state index in [1.54, 1.807) is 18.4 Å². The number of furan rings is 1. The first-order valence-corrected chi connectivity index (χ1v) is 10.5. The molecule has 2 amide bonds. The van der Waals surface area contributed by atoms with E-state index in [0.29, 0.717) is 17.0 Å². The van der Waals surface area contributed by atoms with Gasteiger partial charge in [-0.3, -0.25) is 14.5 Å². The fourth-order valence-corrected chi connectivity index (χ4v) is 4.49. The topological polar surface area (TPSA) is 57.0 Å². The third-order valence-corrected chi connectivity index (χ3v) is 6.28. The van der Waals surface area contributed by atoms with Crippen LogP contribution in [0, 0.1) is 13.8 Å². The molecule has 2 aromatic rings. The van der Waals surface area contributed by atoms with Gasteiger partial charge in [0.1, 0.15) is 11.5 Å². The van der Waals surface area contributed by atoms with E-state index < -0.39 is 0 Å². The predicted molar refractivity (Wildman–Crippen MR) is 115 cm³/mol. The van der Waals surface area contributed by atoms with Crippen molar-refractivity contribution in [2.24, 2.45) is 0 Å². The summed E-state index contributed by atoms with van der Waals surface area (Å²) >= 11 is 0. The number of hydrogen-bond donors (Lipinski definition) is 0. The molecule has 158 valence electrons. The van der Waals surface area contributed by atoms with Crippen LogP contribution in [0.4, 0.5) is 0 Å². The standard InChI is InChI=1S/C24H29N3O3/c1-16-7-8-20(17(2)14-16)21-22(26(4)18-9-11-25(3)12-10-18)24(29)27(23(21)28)15-19-6-5-13-30-19/h5-8,13-14,18H,9-12,15H2,1-4H3. The van der Waals surface area contributed by atoms with E-state index in [0.717, 1.165) is 42.6 Å². The summed E-state index contributed by atoms with van der Waals surface area (Å²) in [6.45, 7) is 6.14. The summed E-state index contributed by atoms with van der Waals surface area (Å²) in [6.07, 6.45) is 3.50. The summed E-state index contributed by atoms with van der Waals surface area (Å²) < 4.78 is 5.41. The second-order valence-corrected chi connectivity index (χ2v) is 8.46. The summed E-state index contributed by atoms with van der Waals surface area (Å²) in [5.74, 6) is 0.103. The van der Waals surface area contributed by atoms with Crippen LogP contribution in [0.1, 0.15) is 35.3 Å². The van der Waals surface area contributed by atoms with E-state index in [9.17, 15) is 9.59 Å². The molecule has 1 saturated heterocycles. The van der Waals surface area contributed by atoms with Gasteiger partial charge in [0.05, 0.1) is 18.4 Å². The molecule has 1 aromatic heterocycles. The van der Waals surface area contributed by atoms with Crippen molar-refractivity contribution >= 4 is 17.4 Å². The largest absolute Gasteiger partial charge is 0.467 e. The van der Waals surface area contributed by atoms with Crippen molar-refractivity contribution in [3.63, 3.8) is 0 Å². The summed E-state index contributed by atoms with van der Waals surface area (Å²) in [5.41, 5.74) is 3.97. The zero-order valence-electron chi connectivity index (χ0n) is 18.1. The Balaban J connectivity index is 1.75. The second kappa shape index (κ2) is 8.11. The quantitative estimate of drug-likeness (QED) is 0.713. The zero-order chi connectivity index (χ0) is 21.4. The minimum Gasteiger partial charge on any atom is -0.467 e. The van der Waals surface area contributed by atoms with Crippen LogP contribution in [-0.2, 0) is 16.1 Å². The summed E-state index contributed by atoms with van der Waals surface area (Å²) in [5, 5.41) is 0. The maximum atomic E-state index is 13.5. The highest BCUT2D eigenvalue weighted by atomic mass is 16.3. The number of carbonyl (C=O) groups excluding carboxylic acids is 2. The van der Waals surface area contributed by atoms with Crippen molar-refractivity contribution in [2.75, 3.05) is 27.2 Å². The van der Waals surface area contributed by atoms with Crippen LogP contribution >= 0.6 is 0 Å². The first-order valence-electron chi connectivity index (χ1n) is 10.5. The maximum Gasteiger partial charge on any atom is 0.278 e. The van der Waals surface area contributed by atoms with Gasteiger partial charge in [0.15, 0.2) is 0 Å². The Morgan fingerprint density at radius 1 is 1.10 bits per heavy atom. The van der Waals surface area contributed by atoms with Gasteiger partial charge in [-0.1, -0.05) is 23.8 Å². The predicted octanol–water partition coefficient (Wildman–Crippen LogP) is 3.20. The van der Waals surface area contributed by atoms with Gasteiger partial charge in [0.2, 0.25) is 0 Å². The molecule has 0 radical (unpaired) electrons. The third kappa shape index (κ3) is 3.67. The van der Waals surface area contributed by atoms with Crippen LogP contribution in [0.3, 0.4) is 0 Å². The number of carbonyl (C=O) groups is 2.